The third-order valence-corrected chi connectivity index (χ3v) is 5.51. The first-order valence-electron chi connectivity index (χ1n) is 7.98. The highest BCUT2D eigenvalue weighted by Gasteiger charge is 2.21. The predicted molar refractivity (Wildman–Crippen MR) is 96.3 cm³/mol. The number of pyridine rings is 1. The minimum absolute atomic E-state index is 0.0222. The lowest BCUT2D eigenvalue weighted by molar-refractivity contribution is 0.102. The molecule has 8 nitrogen and oxygen atoms in total. The molecule has 0 bridgehead atoms. The molecule has 1 amide bonds. The molecule has 136 valence electrons. The number of sulfone groups is 1. The Hall–Kier alpha value is -2.94. The summed E-state index contributed by atoms with van der Waals surface area (Å²) in [5.74, 6) is 0.0559. The van der Waals surface area contributed by atoms with Crippen LogP contribution in [0, 0.1) is 0 Å². The van der Waals surface area contributed by atoms with Crippen molar-refractivity contribution in [3.05, 3.63) is 48.2 Å². The number of hydrogen-bond acceptors (Lipinski definition) is 6. The smallest absolute Gasteiger partial charge is 0.259 e. The third-order valence-electron chi connectivity index (χ3n) is 3.73. The van der Waals surface area contributed by atoms with Crippen molar-refractivity contribution in [3.63, 3.8) is 0 Å². The van der Waals surface area contributed by atoms with Crippen molar-refractivity contribution < 1.29 is 17.9 Å². The molecule has 2 heterocycles. The lowest BCUT2D eigenvalue weighted by Crippen LogP contribution is -2.14. The van der Waals surface area contributed by atoms with Gasteiger partial charge in [0.2, 0.25) is 9.84 Å². The minimum Gasteiger partial charge on any atom is -0.496 e. The van der Waals surface area contributed by atoms with Crippen LogP contribution in [0.25, 0.3) is 5.65 Å². The van der Waals surface area contributed by atoms with Crippen LogP contribution in [-0.4, -0.2) is 41.8 Å². The summed E-state index contributed by atoms with van der Waals surface area (Å²) in [7, 11) is -2.06. The molecule has 0 aliphatic rings. The fourth-order valence-corrected chi connectivity index (χ4v) is 3.88. The van der Waals surface area contributed by atoms with Crippen molar-refractivity contribution in [1.29, 1.82) is 0 Å². The molecule has 3 aromatic rings. The number of anilines is 1. The Morgan fingerprint density at radius 3 is 2.69 bits per heavy atom. The molecule has 0 spiro atoms. The van der Waals surface area contributed by atoms with Crippen LogP contribution in [0.4, 0.5) is 5.69 Å². The van der Waals surface area contributed by atoms with Crippen LogP contribution in [-0.2, 0) is 9.84 Å². The number of nitrogens with one attached hydrogen (secondary N) is 1. The average Bonchev–Trinajstić information content (AvgIpc) is 3.05. The number of hydrogen-bond donors (Lipinski definition) is 1. The number of benzene rings is 1. The molecule has 0 unspecified atom stereocenters. The molecule has 0 aliphatic carbocycles. The standard InChI is InChI=1S/C17H18N4O4S/c1-3-10-26(23,24)17-20-19-15-9-8-12(11-21(15)17)18-16(22)13-6-4-5-7-14(13)25-2/h4-9,11H,3,10H2,1-2H3,(H,18,22). The zero-order chi connectivity index (χ0) is 18.7. The third kappa shape index (κ3) is 3.38. The Morgan fingerprint density at radius 1 is 1.19 bits per heavy atom. The normalized spacial score (nSPS) is 11.5. The van der Waals surface area contributed by atoms with E-state index in [9.17, 15) is 13.2 Å². The topological polar surface area (TPSA) is 103 Å². The Morgan fingerprint density at radius 2 is 1.96 bits per heavy atom. The molecule has 1 N–H and O–H groups in total. The van der Waals surface area contributed by atoms with Gasteiger partial charge in [0, 0.05) is 6.20 Å². The molecule has 0 saturated carbocycles. The first-order valence-corrected chi connectivity index (χ1v) is 9.63. The van der Waals surface area contributed by atoms with Gasteiger partial charge in [-0.15, -0.1) is 10.2 Å². The Kier molecular flexibility index (Phi) is 4.90. The van der Waals surface area contributed by atoms with Gasteiger partial charge in [0.15, 0.2) is 5.65 Å². The van der Waals surface area contributed by atoms with Crippen LogP contribution in [0.5, 0.6) is 5.75 Å². The van der Waals surface area contributed by atoms with E-state index in [2.05, 4.69) is 15.5 Å². The SMILES string of the molecule is CCCS(=O)(=O)c1nnc2ccc(NC(=O)c3ccccc3OC)cn12. The maximum absolute atomic E-state index is 12.5. The second-order valence-corrected chi connectivity index (χ2v) is 7.60. The van der Waals surface area contributed by atoms with Gasteiger partial charge in [-0.1, -0.05) is 19.1 Å². The van der Waals surface area contributed by atoms with E-state index in [1.165, 1.54) is 17.7 Å². The number of para-hydroxylation sites is 1. The Labute approximate surface area is 150 Å². The summed E-state index contributed by atoms with van der Waals surface area (Å²) in [6.07, 6.45) is 1.96. The van der Waals surface area contributed by atoms with Crippen LogP contribution in [0.15, 0.2) is 47.8 Å². The number of amides is 1. The highest BCUT2D eigenvalue weighted by atomic mass is 32.2. The number of nitrogens with zero attached hydrogens (tertiary/aromatic N) is 3. The molecule has 9 heteroatoms. The number of rotatable bonds is 6. The predicted octanol–water partition coefficient (Wildman–Crippen LogP) is 2.17. The van der Waals surface area contributed by atoms with Crippen LogP contribution in [0.2, 0.25) is 0 Å². The van der Waals surface area contributed by atoms with Gasteiger partial charge in [-0.2, -0.15) is 0 Å². The van der Waals surface area contributed by atoms with E-state index >= 15 is 0 Å². The van der Waals surface area contributed by atoms with E-state index in [0.717, 1.165) is 0 Å². The summed E-state index contributed by atoms with van der Waals surface area (Å²) in [6.45, 7) is 1.78. The molecule has 2 aromatic heterocycles. The quantitative estimate of drug-likeness (QED) is 0.709. The summed E-state index contributed by atoms with van der Waals surface area (Å²) in [6, 6.07) is 10.1. The highest BCUT2D eigenvalue weighted by molar-refractivity contribution is 7.91. The number of carbonyl (C=O) groups excluding carboxylic acids is 1. The van der Waals surface area contributed by atoms with Crippen LogP contribution in [0.3, 0.4) is 0 Å². The molecular weight excluding hydrogens is 356 g/mol. The maximum atomic E-state index is 12.5. The van der Waals surface area contributed by atoms with Gasteiger partial charge < -0.3 is 10.1 Å². The van der Waals surface area contributed by atoms with Gasteiger partial charge in [0.05, 0.1) is 24.1 Å². The average molecular weight is 374 g/mol. The van der Waals surface area contributed by atoms with E-state index in [0.29, 0.717) is 29.1 Å². The molecule has 1 aromatic carbocycles. The number of fused-ring (bicyclic) bond motifs is 1. The van der Waals surface area contributed by atoms with Crippen LogP contribution < -0.4 is 10.1 Å². The first-order chi connectivity index (χ1) is 12.5. The van der Waals surface area contributed by atoms with Crippen LogP contribution in [0.1, 0.15) is 23.7 Å². The monoisotopic (exact) mass is 374 g/mol. The van der Waals surface area contributed by atoms with Gasteiger partial charge in [-0.3, -0.25) is 9.20 Å². The van der Waals surface area contributed by atoms with Gasteiger partial charge in [0.25, 0.3) is 11.1 Å². The van der Waals surface area contributed by atoms with Crippen molar-refractivity contribution in [2.75, 3.05) is 18.2 Å². The molecule has 3 rings (SSSR count). The maximum Gasteiger partial charge on any atom is 0.259 e. The molecule has 0 atom stereocenters. The largest absolute Gasteiger partial charge is 0.496 e. The summed E-state index contributed by atoms with van der Waals surface area (Å²) >= 11 is 0. The minimum atomic E-state index is -3.55. The summed E-state index contributed by atoms with van der Waals surface area (Å²) in [5, 5.41) is 10.3. The second-order valence-electron chi connectivity index (χ2n) is 5.60. The number of aromatic nitrogens is 3. The molecule has 26 heavy (non-hydrogen) atoms. The molecule has 0 fully saturated rings. The van der Waals surface area contributed by atoms with Crippen molar-refractivity contribution in [3.8, 4) is 5.75 Å². The van der Waals surface area contributed by atoms with E-state index in [-0.39, 0.29) is 16.8 Å². The van der Waals surface area contributed by atoms with Crippen molar-refractivity contribution >= 4 is 27.1 Å². The number of methoxy groups -OCH3 is 1. The van der Waals surface area contributed by atoms with Crippen LogP contribution >= 0.6 is 0 Å². The lowest BCUT2D eigenvalue weighted by Gasteiger charge is -2.09. The van der Waals surface area contributed by atoms with E-state index < -0.39 is 9.84 Å². The Bertz CT molecular complexity index is 1060. The molecule has 0 saturated heterocycles. The summed E-state index contributed by atoms with van der Waals surface area (Å²) in [4.78, 5) is 12.5. The summed E-state index contributed by atoms with van der Waals surface area (Å²) < 4.78 is 31.2. The van der Waals surface area contributed by atoms with E-state index in [1.807, 2.05) is 0 Å². The lowest BCUT2D eigenvalue weighted by atomic mass is 10.2. The Balaban J connectivity index is 1.95. The van der Waals surface area contributed by atoms with E-state index in [1.54, 1.807) is 43.3 Å². The fourth-order valence-electron chi connectivity index (χ4n) is 2.55. The molecule has 0 aliphatic heterocycles. The molecular formula is C17H18N4O4S. The highest BCUT2D eigenvalue weighted by Crippen LogP contribution is 2.20. The fraction of sp³-hybridized carbons (Fsp3) is 0.235. The van der Waals surface area contributed by atoms with E-state index in [4.69, 9.17) is 4.74 Å². The summed E-state index contributed by atoms with van der Waals surface area (Å²) in [5.41, 5.74) is 1.17. The van der Waals surface area contributed by atoms with Gasteiger partial charge >= 0.3 is 0 Å². The number of ether oxygens (including phenoxy) is 1. The zero-order valence-electron chi connectivity index (χ0n) is 14.3. The second kappa shape index (κ2) is 7.12. The number of carbonyl (C=O) groups is 1. The van der Waals surface area contributed by atoms with Crippen molar-refractivity contribution in [1.82, 2.24) is 14.6 Å². The van der Waals surface area contributed by atoms with Gasteiger partial charge in [-0.25, -0.2) is 8.42 Å². The molecule has 0 radical (unpaired) electrons. The van der Waals surface area contributed by atoms with Gasteiger partial charge in [-0.05, 0) is 30.7 Å². The zero-order valence-corrected chi connectivity index (χ0v) is 15.2. The van der Waals surface area contributed by atoms with Crippen molar-refractivity contribution in [2.45, 2.75) is 18.5 Å². The van der Waals surface area contributed by atoms with Gasteiger partial charge in [0.1, 0.15) is 5.75 Å². The van der Waals surface area contributed by atoms with Crippen molar-refractivity contribution in [2.24, 2.45) is 0 Å². The first kappa shape index (κ1) is 17.9.